The van der Waals surface area contributed by atoms with Crippen LogP contribution >= 0.6 is 0 Å². The normalized spacial score (nSPS) is 14.9. The highest BCUT2D eigenvalue weighted by molar-refractivity contribution is 5.77. The molecule has 0 radical (unpaired) electrons. The summed E-state index contributed by atoms with van der Waals surface area (Å²) in [7, 11) is 1.54. The molecule has 1 heterocycles. The predicted molar refractivity (Wildman–Crippen MR) is 119 cm³/mol. The molecule has 4 N–H and O–H groups in total. The van der Waals surface area contributed by atoms with Crippen LogP contribution in [0.5, 0.6) is 5.75 Å². The van der Waals surface area contributed by atoms with Gasteiger partial charge in [-0.15, -0.1) is 0 Å². The van der Waals surface area contributed by atoms with Crippen LogP contribution in [0.2, 0.25) is 0 Å². The molecule has 0 saturated heterocycles. The van der Waals surface area contributed by atoms with Crippen molar-refractivity contribution >= 4 is 29.0 Å². The first kappa shape index (κ1) is 21.5. The van der Waals surface area contributed by atoms with Gasteiger partial charge in [0.25, 0.3) is 5.91 Å². The Morgan fingerprint density at radius 2 is 2.06 bits per heavy atom. The zero-order valence-electron chi connectivity index (χ0n) is 17.6. The topological polar surface area (TPSA) is 108 Å². The van der Waals surface area contributed by atoms with Crippen molar-refractivity contribution in [1.29, 1.82) is 0 Å². The van der Waals surface area contributed by atoms with Gasteiger partial charge >= 0.3 is 0 Å². The molecule has 1 unspecified atom stereocenters. The van der Waals surface area contributed by atoms with Crippen molar-refractivity contribution in [2.75, 3.05) is 24.3 Å². The van der Waals surface area contributed by atoms with E-state index in [4.69, 9.17) is 4.74 Å². The van der Waals surface area contributed by atoms with E-state index in [-0.39, 0.29) is 24.3 Å². The summed E-state index contributed by atoms with van der Waals surface area (Å²) in [5.41, 5.74) is 3.23. The molecule has 9 heteroatoms. The van der Waals surface area contributed by atoms with Crippen LogP contribution in [0, 0.1) is 5.82 Å². The second-order valence-electron chi connectivity index (χ2n) is 7.45. The van der Waals surface area contributed by atoms with Crippen LogP contribution in [-0.4, -0.2) is 34.6 Å². The Kier molecular flexibility index (Phi) is 6.46. The number of aliphatic hydroxyl groups is 1. The number of fused-ring (bicyclic) bond motifs is 1. The molecule has 166 valence electrons. The van der Waals surface area contributed by atoms with Gasteiger partial charge in [0, 0.05) is 24.5 Å². The Morgan fingerprint density at radius 1 is 1.22 bits per heavy atom. The minimum atomic E-state index is -0.600. The highest BCUT2D eigenvalue weighted by Gasteiger charge is 2.18. The standard InChI is InChI=1S/C23H24FN5O3/c1-25-21(31)13-32-17-6-3-5-15(10-17)28-23-26-12-19(24)22(29-23)27-16-9-8-14-4-2-7-20(30)18(14)11-16/h3,5-6,8-12,20,30H,2,4,7,13H2,1H3,(H,25,31)(H2,26,27,28,29). The number of amides is 1. The average molecular weight is 437 g/mol. The number of hydrogen-bond acceptors (Lipinski definition) is 7. The molecule has 3 aromatic rings. The van der Waals surface area contributed by atoms with Crippen molar-refractivity contribution in [3.63, 3.8) is 0 Å². The Balaban J connectivity index is 1.49. The molecule has 32 heavy (non-hydrogen) atoms. The molecular formula is C23H24FN5O3. The Morgan fingerprint density at radius 3 is 2.91 bits per heavy atom. The maximum atomic E-state index is 14.4. The van der Waals surface area contributed by atoms with Crippen LogP contribution in [0.3, 0.4) is 0 Å². The molecule has 8 nitrogen and oxygen atoms in total. The van der Waals surface area contributed by atoms with Crippen molar-refractivity contribution in [3.8, 4) is 5.75 Å². The van der Waals surface area contributed by atoms with E-state index < -0.39 is 11.9 Å². The van der Waals surface area contributed by atoms with E-state index in [0.29, 0.717) is 17.1 Å². The maximum Gasteiger partial charge on any atom is 0.257 e. The van der Waals surface area contributed by atoms with E-state index >= 15 is 0 Å². The summed E-state index contributed by atoms with van der Waals surface area (Å²) in [6.07, 6.45) is 3.17. The zero-order valence-corrected chi connectivity index (χ0v) is 17.6. The summed E-state index contributed by atoms with van der Waals surface area (Å²) in [4.78, 5) is 19.6. The van der Waals surface area contributed by atoms with E-state index in [9.17, 15) is 14.3 Å². The third-order valence-electron chi connectivity index (χ3n) is 5.17. The van der Waals surface area contributed by atoms with Gasteiger partial charge in [0.15, 0.2) is 18.2 Å². The van der Waals surface area contributed by atoms with Gasteiger partial charge in [0.1, 0.15) is 5.75 Å². The van der Waals surface area contributed by atoms with Gasteiger partial charge in [-0.2, -0.15) is 4.98 Å². The highest BCUT2D eigenvalue weighted by atomic mass is 19.1. The SMILES string of the molecule is CNC(=O)COc1cccc(Nc2ncc(F)c(Nc3ccc4c(c3)C(O)CCC4)n2)c1. The second kappa shape index (κ2) is 9.61. The first-order valence-corrected chi connectivity index (χ1v) is 10.3. The summed E-state index contributed by atoms with van der Waals surface area (Å²) >= 11 is 0. The lowest BCUT2D eigenvalue weighted by Crippen LogP contribution is -2.24. The second-order valence-corrected chi connectivity index (χ2v) is 7.45. The molecule has 0 bridgehead atoms. The molecule has 1 amide bonds. The van der Waals surface area contributed by atoms with Gasteiger partial charge in [0.2, 0.25) is 5.95 Å². The number of hydrogen-bond donors (Lipinski definition) is 4. The summed E-state index contributed by atoms with van der Waals surface area (Å²) < 4.78 is 19.8. The summed E-state index contributed by atoms with van der Waals surface area (Å²) in [6, 6.07) is 12.6. The number of carbonyl (C=O) groups is 1. The van der Waals surface area contributed by atoms with Crippen molar-refractivity contribution < 1.29 is 19.0 Å². The molecule has 0 spiro atoms. The van der Waals surface area contributed by atoms with Crippen LogP contribution in [0.15, 0.2) is 48.7 Å². The van der Waals surface area contributed by atoms with Crippen LogP contribution < -0.4 is 20.7 Å². The van der Waals surface area contributed by atoms with Gasteiger partial charge < -0.3 is 25.8 Å². The fraction of sp³-hybridized carbons (Fsp3) is 0.261. The van der Waals surface area contributed by atoms with Crippen LogP contribution in [0.1, 0.15) is 30.1 Å². The lowest BCUT2D eigenvalue weighted by atomic mass is 9.89. The van der Waals surface area contributed by atoms with Gasteiger partial charge in [0.05, 0.1) is 12.3 Å². The largest absolute Gasteiger partial charge is 0.484 e. The molecule has 4 rings (SSSR count). The lowest BCUT2D eigenvalue weighted by Gasteiger charge is -2.22. The number of nitrogens with zero attached hydrogens (tertiary/aromatic N) is 2. The lowest BCUT2D eigenvalue weighted by molar-refractivity contribution is -0.122. The number of rotatable bonds is 7. The molecule has 2 aromatic carbocycles. The monoisotopic (exact) mass is 437 g/mol. The van der Waals surface area contributed by atoms with Gasteiger partial charge in [-0.05, 0) is 54.7 Å². The molecular weight excluding hydrogens is 413 g/mol. The first-order chi connectivity index (χ1) is 15.5. The van der Waals surface area contributed by atoms with E-state index in [1.54, 1.807) is 24.3 Å². The number of nitrogens with one attached hydrogen (secondary N) is 3. The number of aryl methyl sites for hydroxylation is 1. The summed E-state index contributed by atoms with van der Waals surface area (Å²) in [6.45, 7) is -0.101. The van der Waals surface area contributed by atoms with Gasteiger partial charge in [-0.3, -0.25) is 4.79 Å². The number of benzene rings is 2. The molecule has 1 atom stereocenters. The minimum absolute atomic E-state index is 0.0137. The number of carbonyl (C=O) groups excluding carboxylic acids is 1. The number of likely N-dealkylation sites (N-methyl/N-ethyl adjacent to an activating group) is 1. The Labute approximate surface area is 184 Å². The number of aromatic nitrogens is 2. The quantitative estimate of drug-likeness (QED) is 0.447. The molecule has 0 aliphatic heterocycles. The van der Waals surface area contributed by atoms with Crippen molar-refractivity contribution in [2.24, 2.45) is 0 Å². The molecule has 1 aliphatic carbocycles. The van der Waals surface area contributed by atoms with Gasteiger partial charge in [-0.1, -0.05) is 12.1 Å². The van der Waals surface area contributed by atoms with Crippen molar-refractivity contribution in [1.82, 2.24) is 15.3 Å². The fourth-order valence-corrected chi connectivity index (χ4v) is 3.52. The Bertz CT molecular complexity index is 1120. The third-order valence-corrected chi connectivity index (χ3v) is 5.17. The predicted octanol–water partition coefficient (Wildman–Crippen LogP) is 3.60. The van der Waals surface area contributed by atoms with Crippen LogP contribution in [0.25, 0.3) is 0 Å². The molecule has 0 fully saturated rings. The smallest absolute Gasteiger partial charge is 0.257 e. The van der Waals surface area contributed by atoms with E-state index in [2.05, 4.69) is 25.9 Å². The number of ether oxygens (including phenoxy) is 1. The first-order valence-electron chi connectivity index (χ1n) is 10.3. The van der Waals surface area contributed by atoms with Crippen molar-refractivity contribution in [2.45, 2.75) is 25.4 Å². The number of halogens is 1. The van der Waals surface area contributed by atoms with E-state index in [1.807, 2.05) is 18.2 Å². The highest BCUT2D eigenvalue weighted by Crippen LogP contribution is 2.32. The van der Waals surface area contributed by atoms with E-state index in [0.717, 1.165) is 36.6 Å². The van der Waals surface area contributed by atoms with Crippen LogP contribution in [0.4, 0.5) is 27.5 Å². The summed E-state index contributed by atoms with van der Waals surface area (Å²) in [5.74, 6) is -0.145. The third kappa shape index (κ3) is 5.12. The number of anilines is 4. The van der Waals surface area contributed by atoms with Gasteiger partial charge in [-0.25, -0.2) is 9.37 Å². The van der Waals surface area contributed by atoms with E-state index in [1.165, 1.54) is 7.05 Å². The van der Waals surface area contributed by atoms with Crippen molar-refractivity contribution in [3.05, 3.63) is 65.6 Å². The van der Waals surface area contributed by atoms with Crippen LogP contribution in [-0.2, 0) is 11.2 Å². The minimum Gasteiger partial charge on any atom is -0.484 e. The molecule has 0 saturated carbocycles. The fourth-order valence-electron chi connectivity index (χ4n) is 3.52. The Hall–Kier alpha value is -3.72. The maximum absolute atomic E-state index is 14.4. The number of aliphatic hydroxyl groups excluding tert-OH is 1. The average Bonchev–Trinajstić information content (AvgIpc) is 2.80. The molecule has 1 aromatic heterocycles. The zero-order chi connectivity index (χ0) is 22.5. The molecule has 1 aliphatic rings. The summed E-state index contributed by atoms with van der Waals surface area (Å²) in [5, 5.41) is 18.7.